The summed E-state index contributed by atoms with van der Waals surface area (Å²) in [6.45, 7) is 0.368. The largest absolute Gasteiger partial charge is 0.489 e. The number of hydrogen-bond acceptors (Lipinski definition) is 3. The Hall–Kier alpha value is -1.91. The zero-order valence-corrected chi connectivity index (χ0v) is 11.9. The van der Waals surface area contributed by atoms with Crippen LogP contribution in [0.25, 0.3) is 0 Å². The molecule has 0 aliphatic heterocycles. The lowest BCUT2D eigenvalue weighted by Gasteiger charge is -2.08. The third-order valence-electron chi connectivity index (χ3n) is 2.60. The van der Waals surface area contributed by atoms with E-state index in [-0.39, 0.29) is 5.84 Å². The van der Waals surface area contributed by atoms with E-state index in [1.54, 1.807) is 30.3 Å². The van der Waals surface area contributed by atoms with Gasteiger partial charge in [0, 0.05) is 15.6 Å². The van der Waals surface area contributed by atoms with Crippen LogP contribution in [0.5, 0.6) is 5.75 Å². The highest BCUT2D eigenvalue weighted by Gasteiger charge is 2.02. The number of ether oxygens (including phenoxy) is 1. The zero-order valence-electron chi connectivity index (χ0n) is 10.4. The molecule has 3 N–H and O–H groups in total. The average molecular weight is 311 g/mol. The monoisotopic (exact) mass is 310 g/mol. The van der Waals surface area contributed by atoms with E-state index in [0.29, 0.717) is 28.0 Å². The van der Waals surface area contributed by atoms with Gasteiger partial charge < -0.3 is 15.7 Å². The third kappa shape index (κ3) is 3.79. The number of nitrogens with two attached hydrogens (primary N) is 1. The molecule has 104 valence electrons. The average Bonchev–Trinajstić information content (AvgIpc) is 2.44. The Labute approximate surface area is 126 Å². The van der Waals surface area contributed by atoms with Crippen LogP contribution in [0, 0.1) is 0 Å². The molecule has 2 aromatic rings. The second-order valence-corrected chi connectivity index (χ2v) is 4.95. The van der Waals surface area contributed by atoms with Gasteiger partial charge in [0.15, 0.2) is 5.84 Å². The van der Waals surface area contributed by atoms with Crippen molar-refractivity contribution in [2.75, 3.05) is 0 Å². The van der Waals surface area contributed by atoms with Crippen LogP contribution in [0.1, 0.15) is 11.1 Å². The van der Waals surface area contributed by atoms with E-state index < -0.39 is 0 Å². The molecule has 6 heteroatoms. The van der Waals surface area contributed by atoms with Crippen LogP contribution in [0.15, 0.2) is 47.6 Å². The predicted octanol–water partition coefficient (Wildman–Crippen LogP) is 3.67. The summed E-state index contributed by atoms with van der Waals surface area (Å²) >= 11 is 11.8. The van der Waals surface area contributed by atoms with E-state index in [0.717, 1.165) is 5.56 Å². The van der Waals surface area contributed by atoms with Crippen LogP contribution in [0.4, 0.5) is 0 Å². The Balaban J connectivity index is 2.04. The molecule has 0 saturated heterocycles. The number of rotatable bonds is 4. The summed E-state index contributed by atoms with van der Waals surface area (Å²) in [5.74, 6) is 0.669. The highest BCUT2D eigenvalue weighted by atomic mass is 35.5. The summed E-state index contributed by atoms with van der Waals surface area (Å²) in [6, 6.07) is 12.2. The van der Waals surface area contributed by atoms with Crippen molar-refractivity contribution in [2.45, 2.75) is 6.61 Å². The van der Waals surface area contributed by atoms with Crippen molar-refractivity contribution in [1.29, 1.82) is 0 Å². The maximum absolute atomic E-state index is 8.57. The molecule has 20 heavy (non-hydrogen) atoms. The lowest BCUT2D eigenvalue weighted by Crippen LogP contribution is -2.12. The van der Waals surface area contributed by atoms with Crippen molar-refractivity contribution in [3.05, 3.63) is 63.6 Å². The van der Waals surface area contributed by atoms with Gasteiger partial charge in [-0.3, -0.25) is 0 Å². The van der Waals surface area contributed by atoms with Crippen molar-refractivity contribution in [3.63, 3.8) is 0 Å². The van der Waals surface area contributed by atoms with Crippen LogP contribution in [0.3, 0.4) is 0 Å². The van der Waals surface area contributed by atoms with Gasteiger partial charge in [0.1, 0.15) is 12.4 Å². The minimum Gasteiger partial charge on any atom is -0.489 e. The summed E-state index contributed by atoms with van der Waals surface area (Å²) in [4.78, 5) is 0. The van der Waals surface area contributed by atoms with Gasteiger partial charge in [-0.05, 0) is 23.8 Å². The molecule has 0 radical (unpaired) electrons. The zero-order chi connectivity index (χ0) is 14.5. The number of amidine groups is 1. The summed E-state index contributed by atoms with van der Waals surface area (Å²) in [6.07, 6.45) is 0. The fraction of sp³-hybridized carbons (Fsp3) is 0.0714. The first kappa shape index (κ1) is 14.5. The van der Waals surface area contributed by atoms with E-state index >= 15 is 0 Å². The smallest absolute Gasteiger partial charge is 0.170 e. The maximum Gasteiger partial charge on any atom is 0.170 e. The SMILES string of the molecule is N/C(=N\O)c1ccc(COc2cc(Cl)cc(Cl)c2)cc1. The lowest BCUT2D eigenvalue weighted by atomic mass is 10.1. The lowest BCUT2D eigenvalue weighted by molar-refractivity contribution is 0.306. The van der Waals surface area contributed by atoms with Crippen LogP contribution in [0.2, 0.25) is 10.0 Å². The quantitative estimate of drug-likeness (QED) is 0.392. The van der Waals surface area contributed by atoms with E-state index in [1.807, 2.05) is 12.1 Å². The van der Waals surface area contributed by atoms with Gasteiger partial charge in [-0.15, -0.1) is 0 Å². The van der Waals surface area contributed by atoms with Gasteiger partial charge >= 0.3 is 0 Å². The molecule has 0 saturated carbocycles. The molecule has 0 heterocycles. The van der Waals surface area contributed by atoms with E-state index in [9.17, 15) is 0 Å². The Morgan fingerprint density at radius 1 is 1.10 bits per heavy atom. The highest BCUT2D eigenvalue weighted by molar-refractivity contribution is 6.34. The first-order valence-corrected chi connectivity index (χ1v) is 6.50. The molecule has 2 rings (SSSR count). The molecule has 2 aromatic carbocycles. The van der Waals surface area contributed by atoms with Crippen LogP contribution >= 0.6 is 23.2 Å². The van der Waals surface area contributed by atoms with Crippen molar-refractivity contribution < 1.29 is 9.94 Å². The van der Waals surface area contributed by atoms with Gasteiger partial charge in [0.2, 0.25) is 0 Å². The minimum absolute atomic E-state index is 0.0686. The van der Waals surface area contributed by atoms with Crippen molar-refractivity contribution in [3.8, 4) is 5.75 Å². The molecule has 0 atom stereocenters. The van der Waals surface area contributed by atoms with Crippen molar-refractivity contribution in [2.24, 2.45) is 10.9 Å². The number of halogens is 2. The van der Waals surface area contributed by atoms with Gasteiger partial charge in [0.05, 0.1) is 0 Å². The topological polar surface area (TPSA) is 67.8 Å². The van der Waals surface area contributed by atoms with Gasteiger partial charge in [-0.2, -0.15) is 0 Å². The number of oxime groups is 1. The Morgan fingerprint density at radius 3 is 2.25 bits per heavy atom. The fourth-order valence-electron chi connectivity index (χ4n) is 1.61. The Kier molecular flexibility index (Phi) is 4.71. The maximum atomic E-state index is 8.57. The van der Waals surface area contributed by atoms with E-state index in [2.05, 4.69) is 5.16 Å². The molecule has 0 aliphatic rings. The Morgan fingerprint density at radius 2 is 1.70 bits per heavy atom. The fourth-order valence-corrected chi connectivity index (χ4v) is 2.11. The van der Waals surface area contributed by atoms with Gasteiger partial charge in [-0.1, -0.05) is 52.6 Å². The molecule has 0 amide bonds. The van der Waals surface area contributed by atoms with E-state index in [4.69, 9.17) is 38.9 Å². The molecule has 0 fully saturated rings. The van der Waals surface area contributed by atoms with E-state index in [1.165, 1.54) is 0 Å². The number of hydrogen-bond donors (Lipinski definition) is 2. The summed E-state index contributed by atoms with van der Waals surface area (Å²) < 4.78 is 5.60. The summed E-state index contributed by atoms with van der Waals surface area (Å²) in [5.41, 5.74) is 7.06. The summed E-state index contributed by atoms with van der Waals surface area (Å²) in [7, 11) is 0. The molecule has 0 aliphatic carbocycles. The second-order valence-electron chi connectivity index (χ2n) is 4.08. The van der Waals surface area contributed by atoms with Crippen LogP contribution < -0.4 is 10.5 Å². The molecular formula is C14H12Cl2N2O2. The van der Waals surface area contributed by atoms with Gasteiger partial charge in [-0.25, -0.2) is 0 Å². The first-order valence-electron chi connectivity index (χ1n) is 5.74. The van der Waals surface area contributed by atoms with Crippen molar-refractivity contribution >= 4 is 29.0 Å². The Bertz CT molecular complexity index is 607. The highest BCUT2D eigenvalue weighted by Crippen LogP contribution is 2.24. The second kappa shape index (κ2) is 6.50. The minimum atomic E-state index is 0.0686. The molecule has 0 unspecified atom stereocenters. The van der Waals surface area contributed by atoms with Crippen LogP contribution in [-0.2, 0) is 6.61 Å². The molecule has 0 aromatic heterocycles. The number of nitrogens with zero attached hydrogens (tertiary/aromatic N) is 1. The molecule has 0 bridgehead atoms. The molecule has 4 nitrogen and oxygen atoms in total. The standard InChI is InChI=1S/C14H12Cl2N2O2/c15-11-5-12(16)7-13(6-11)20-8-9-1-3-10(4-2-9)14(17)18-19/h1-7,19H,8H2,(H2,17,18). The summed E-state index contributed by atoms with van der Waals surface area (Å²) in [5, 5.41) is 12.6. The molecular weight excluding hydrogens is 299 g/mol. The van der Waals surface area contributed by atoms with Crippen LogP contribution in [-0.4, -0.2) is 11.0 Å². The third-order valence-corrected chi connectivity index (χ3v) is 3.04. The van der Waals surface area contributed by atoms with Gasteiger partial charge in [0.25, 0.3) is 0 Å². The number of benzene rings is 2. The van der Waals surface area contributed by atoms with Crippen molar-refractivity contribution in [1.82, 2.24) is 0 Å². The normalized spacial score (nSPS) is 11.4. The predicted molar refractivity (Wildman–Crippen MR) is 79.7 cm³/mol. The molecule has 0 spiro atoms. The first-order chi connectivity index (χ1) is 9.58.